The number of aromatic nitrogens is 1. The van der Waals surface area contributed by atoms with Crippen LogP contribution < -0.4 is 4.90 Å². The third-order valence-electron chi connectivity index (χ3n) is 10.6. The molecule has 9 rings (SSSR count). The zero-order valence-electron chi connectivity index (χ0n) is 27.0. The Kier molecular flexibility index (Phi) is 6.47. The van der Waals surface area contributed by atoms with Crippen molar-refractivity contribution in [1.82, 2.24) is 4.57 Å². The van der Waals surface area contributed by atoms with Gasteiger partial charge in [-0.1, -0.05) is 129 Å². The summed E-state index contributed by atoms with van der Waals surface area (Å²) < 4.78 is 2.51. The van der Waals surface area contributed by atoms with Gasteiger partial charge in [-0.15, -0.1) is 0 Å². The van der Waals surface area contributed by atoms with E-state index >= 15 is 0 Å². The van der Waals surface area contributed by atoms with Crippen molar-refractivity contribution in [2.24, 2.45) is 0 Å². The molecule has 2 heteroatoms. The molecule has 2 heterocycles. The van der Waals surface area contributed by atoms with E-state index in [1.165, 1.54) is 72.3 Å². The molecule has 2 aliphatic carbocycles. The highest BCUT2D eigenvalue weighted by Crippen LogP contribution is 2.49. The van der Waals surface area contributed by atoms with Crippen LogP contribution in [0.4, 0.5) is 11.4 Å². The summed E-state index contributed by atoms with van der Waals surface area (Å²) in [7, 11) is 0. The van der Waals surface area contributed by atoms with Crippen molar-refractivity contribution in [2.75, 3.05) is 4.90 Å². The fourth-order valence-corrected chi connectivity index (χ4v) is 8.14. The number of allylic oxidation sites excluding steroid dienone is 6. The Hall–Kier alpha value is -5.34. The first-order valence-electron chi connectivity index (χ1n) is 16.9. The van der Waals surface area contributed by atoms with Gasteiger partial charge < -0.3 is 9.47 Å². The SMILES string of the molecule is CC1(C)c2cc(N(c3ccc(C4=CC=CCC4)cc3)C3C=CC(c4ccccc4)=CC3)ccc2-n2c3ccccc3c3cccc1c32. The topological polar surface area (TPSA) is 8.17 Å². The van der Waals surface area contributed by atoms with Crippen LogP contribution in [0.15, 0.2) is 152 Å². The van der Waals surface area contributed by atoms with Gasteiger partial charge >= 0.3 is 0 Å². The van der Waals surface area contributed by atoms with Crippen LogP contribution in [0.2, 0.25) is 0 Å². The number of hydrogen-bond acceptors (Lipinski definition) is 1. The highest BCUT2D eigenvalue weighted by atomic mass is 15.2. The van der Waals surface area contributed by atoms with E-state index in [9.17, 15) is 0 Å². The number of fused-ring (bicyclic) bond motifs is 5. The summed E-state index contributed by atoms with van der Waals surface area (Å²) in [5, 5.41) is 2.65. The lowest BCUT2D eigenvalue weighted by molar-refractivity contribution is 0.629. The van der Waals surface area contributed by atoms with Gasteiger partial charge in [-0.25, -0.2) is 0 Å². The molecule has 0 fully saturated rings. The van der Waals surface area contributed by atoms with E-state index in [0.29, 0.717) is 0 Å². The molecule has 0 amide bonds. The van der Waals surface area contributed by atoms with E-state index in [0.717, 1.165) is 19.3 Å². The Bertz CT molecular complexity index is 2290. The van der Waals surface area contributed by atoms with Gasteiger partial charge in [-0.3, -0.25) is 0 Å². The summed E-state index contributed by atoms with van der Waals surface area (Å²) in [5.74, 6) is 0. The summed E-state index contributed by atoms with van der Waals surface area (Å²) in [6.07, 6.45) is 17.0. The number of para-hydroxylation sites is 2. The Balaban J connectivity index is 1.18. The maximum absolute atomic E-state index is 2.55. The van der Waals surface area contributed by atoms with Crippen LogP contribution in [0, 0.1) is 0 Å². The smallest absolute Gasteiger partial charge is 0.0582 e. The first-order valence-corrected chi connectivity index (χ1v) is 16.9. The number of rotatable bonds is 5. The molecule has 2 nitrogen and oxygen atoms in total. The Labute approximate surface area is 277 Å². The van der Waals surface area contributed by atoms with Crippen LogP contribution in [0.1, 0.15) is 55.4 Å². The lowest BCUT2D eigenvalue weighted by Crippen LogP contribution is -2.31. The van der Waals surface area contributed by atoms with Crippen molar-refractivity contribution in [1.29, 1.82) is 0 Å². The van der Waals surface area contributed by atoms with Crippen LogP contribution >= 0.6 is 0 Å². The standard InChI is InChI=1S/C45H38N2/c1-45(2)40-18-11-17-39-38-16-9-10-19-42(38)47(44(39)40)43-29-28-37(30-41(43)45)46(35-24-20-33(21-25-35)31-12-5-3-6-13-31)36-26-22-34(23-27-36)32-14-7-4-8-15-32/h3-7,9-14,16-24,26-30,35H,8,15,25H2,1-2H3. The van der Waals surface area contributed by atoms with Crippen molar-refractivity contribution in [3.05, 3.63) is 174 Å². The zero-order chi connectivity index (χ0) is 31.5. The van der Waals surface area contributed by atoms with E-state index in [1.54, 1.807) is 0 Å². The number of nitrogens with zero attached hydrogens (tertiary/aromatic N) is 2. The lowest BCUT2D eigenvalue weighted by Gasteiger charge is -2.38. The molecule has 0 radical (unpaired) electrons. The maximum atomic E-state index is 2.55. The molecule has 1 aliphatic heterocycles. The highest BCUT2D eigenvalue weighted by Gasteiger charge is 2.36. The summed E-state index contributed by atoms with van der Waals surface area (Å²) in [6, 6.07) is 43.1. The average molecular weight is 607 g/mol. The van der Waals surface area contributed by atoms with Gasteiger partial charge in [0.2, 0.25) is 0 Å². The lowest BCUT2D eigenvalue weighted by atomic mass is 9.74. The Morgan fingerprint density at radius 2 is 1.51 bits per heavy atom. The van der Waals surface area contributed by atoms with E-state index in [2.05, 4.69) is 175 Å². The van der Waals surface area contributed by atoms with Crippen LogP contribution in [0.3, 0.4) is 0 Å². The first-order chi connectivity index (χ1) is 23.1. The van der Waals surface area contributed by atoms with Crippen LogP contribution in [-0.2, 0) is 5.41 Å². The largest absolute Gasteiger partial charge is 0.334 e. The number of hydrogen-bond donors (Lipinski definition) is 0. The summed E-state index contributed by atoms with van der Waals surface area (Å²) in [4.78, 5) is 2.55. The predicted octanol–water partition coefficient (Wildman–Crippen LogP) is 11.7. The molecule has 6 aromatic rings. The second-order valence-corrected chi connectivity index (χ2v) is 13.6. The van der Waals surface area contributed by atoms with Crippen LogP contribution in [-0.4, -0.2) is 10.6 Å². The zero-order valence-corrected chi connectivity index (χ0v) is 27.0. The normalized spacial score (nSPS) is 17.8. The van der Waals surface area contributed by atoms with Crippen molar-refractivity contribution in [2.45, 2.75) is 44.6 Å². The monoisotopic (exact) mass is 606 g/mol. The van der Waals surface area contributed by atoms with Crippen molar-refractivity contribution >= 4 is 44.3 Å². The Morgan fingerprint density at radius 1 is 0.723 bits per heavy atom. The van der Waals surface area contributed by atoms with Crippen molar-refractivity contribution in [3.8, 4) is 5.69 Å². The maximum Gasteiger partial charge on any atom is 0.0582 e. The minimum absolute atomic E-state index is 0.158. The molecule has 47 heavy (non-hydrogen) atoms. The third-order valence-corrected chi connectivity index (χ3v) is 10.6. The van der Waals surface area contributed by atoms with Gasteiger partial charge in [0.1, 0.15) is 0 Å². The number of benzene rings is 5. The molecule has 0 saturated heterocycles. The molecule has 0 saturated carbocycles. The van der Waals surface area contributed by atoms with Gasteiger partial charge in [0.25, 0.3) is 0 Å². The van der Waals surface area contributed by atoms with Gasteiger partial charge in [0.15, 0.2) is 0 Å². The van der Waals surface area contributed by atoms with Gasteiger partial charge in [0, 0.05) is 27.6 Å². The van der Waals surface area contributed by atoms with Crippen molar-refractivity contribution < 1.29 is 0 Å². The molecule has 3 aliphatic rings. The minimum Gasteiger partial charge on any atom is -0.334 e. The molecular formula is C45H38N2. The highest BCUT2D eigenvalue weighted by molar-refractivity contribution is 6.11. The molecule has 5 aromatic carbocycles. The molecule has 1 atom stereocenters. The molecular weight excluding hydrogens is 569 g/mol. The summed E-state index contributed by atoms with van der Waals surface area (Å²) >= 11 is 0. The second kappa shape index (κ2) is 10.9. The number of anilines is 2. The average Bonchev–Trinajstić information content (AvgIpc) is 3.47. The van der Waals surface area contributed by atoms with Gasteiger partial charge in [-0.2, -0.15) is 0 Å². The fourth-order valence-electron chi connectivity index (χ4n) is 8.14. The van der Waals surface area contributed by atoms with E-state index in [1.807, 2.05) is 0 Å². The predicted molar refractivity (Wildman–Crippen MR) is 200 cm³/mol. The van der Waals surface area contributed by atoms with E-state index in [-0.39, 0.29) is 11.5 Å². The molecule has 1 unspecified atom stereocenters. The summed E-state index contributed by atoms with van der Waals surface area (Å²) in [5.41, 5.74) is 14.2. The van der Waals surface area contributed by atoms with E-state index < -0.39 is 0 Å². The fraction of sp³-hybridized carbons (Fsp3) is 0.156. The van der Waals surface area contributed by atoms with Crippen molar-refractivity contribution in [3.63, 3.8) is 0 Å². The molecule has 1 aromatic heterocycles. The quantitative estimate of drug-likeness (QED) is 0.190. The first kappa shape index (κ1) is 27.9. The third kappa shape index (κ3) is 4.47. The van der Waals surface area contributed by atoms with Gasteiger partial charge in [-0.05, 0) is 89.1 Å². The summed E-state index contributed by atoms with van der Waals surface area (Å²) in [6.45, 7) is 4.79. The van der Waals surface area contributed by atoms with Gasteiger partial charge in [0.05, 0.1) is 22.8 Å². The Morgan fingerprint density at radius 3 is 2.30 bits per heavy atom. The molecule has 0 bridgehead atoms. The van der Waals surface area contributed by atoms with Crippen LogP contribution in [0.25, 0.3) is 38.6 Å². The molecule has 0 N–H and O–H groups in total. The van der Waals surface area contributed by atoms with Crippen LogP contribution in [0.5, 0.6) is 0 Å². The molecule has 0 spiro atoms. The van der Waals surface area contributed by atoms with E-state index in [4.69, 9.17) is 0 Å². The minimum atomic E-state index is -0.158. The second-order valence-electron chi connectivity index (χ2n) is 13.6. The molecule has 228 valence electrons.